The number of H-pyrrole nitrogens is 1. The third kappa shape index (κ3) is 5.31. The third-order valence-corrected chi connectivity index (χ3v) is 10.2. The fraction of sp³-hybridized carbons (Fsp3) is 0.368. The van der Waals surface area contributed by atoms with Crippen molar-refractivity contribution >= 4 is 16.7 Å². The van der Waals surface area contributed by atoms with Crippen LogP contribution in [0, 0.1) is 6.92 Å². The lowest BCUT2D eigenvalue weighted by atomic mass is 9.93. The number of nitrogens with one attached hydrogen (secondary N) is 1. The molecular weight excluding hydrogens is 542 g/mol. The number of hydrogen-bond donors (Lipinski definition) is 2. The molecule has 5 aromatic rings. The second-order valence-corrected chi connectivity index (χ2v) is 13.6. The summed E-state index contributed by atoms with van der Waals surface area (Å²) in [6, 6.07) is 24.9. The van der Waals surface area contributed by atoms with Crippen LogP contribution in [0.2, 0.25) is 0 Å². The summed E-state index contributed by atoms with van der Waals surface area (Å²) in [6.07, 6.45) is 7.15. The summed E-state index contributed by atoms with van der Waals surface area (Å²) in [5.74, 6) is 0.806. The van der Waals surface area contributed by atoms with Crippen molar-refractivity contribution in [2.45, 2.75) is 70.6 Å². The molecular formula is C38H41N5O. The Hall–Kier alpha value is -4.00. The molecule has 2 aliphatic heterocycles. The first-order valence-electron chi connectivity index (χ1n) is 16.2. The molecule has 2 aromatic heterocycles. The minimum Gasteiger partial charge on any atom is -0.390 e. The van der Waals surface area contributed by atoms with Crippen LogP contribution in [0.15, 0.2) is 73.1 Å². The molecule has 0 atom stereocenters. The Morgan fingerprint density at radius 2 is 1.75 bits per heavy atom. The topological polar surface area (TPSA) is 68.3 Å². The Morgan fingerprint density at radius 1 is 0.932 bits per heavy atom. The maximum atomic E-state index is 10.3. The van der Waals surface area contributed by atoms with Gasteiger partial charge >= 0.3 is 0 Å². The van der Waals surface area contributed by atoms with Gasteiger partial charge in [0.25, 0.3) is 0 Å². The van der Waals surface area contributed by atoms with E-state index in [1.807, 2.05) is 6.92 Å². The number of likely N-dealkylation sites (tertiary alicyclic amines) is 1. The summed E-state index contributed by atoms with van der Waals surface area (Å²) < 4.78 is 0. The minimum atomic E-state index is -0.517. The molecule has 0 unspecified atom stereocenters. The minimum absolute atomic E-state index is 0.517. The Balaban J connectivity index is 1.04. The summed E-state index contributed by atoms with van der Waals surface area (Å²) in [7, 11) is 0. The zero-order valence-electron chi connectivity index (χ0n) is 25.8. The Kier molecular flexibility index (Phi) is 6.80. The zero-order chi connectivity index (χ0) is 29.8. The average molecular weight is 584 g/mol. The van der Waals surface area contributed by atoms with Gasteiger partial charge in [0.1, 0.15) is 12.0 Å². The van der Waals surface area contributed by atoms with Crippen molar-refractivity contribution in [1.29, 1.82) is 0 Å². The van der Waals surface area contributed by atoms with Crippen LogP contribution in [-0.2, 0) is 19.5 Å². The molecule has 3 aromatic carbocycles. The Morgan fingerprint density at radius 3 is 2.55 bits per heavy atom. The maximum absolute atomic E-state index is 10.3. The molecule has 0 spiro atoms. The Bertz CT molecular complexity index is 1820. The number of nitrogens with zero attached hydrogens (tertiary/aromatic N) is 4. The van der Waals surface area contributed by atoms with Gasteiger partial charge in [-0.2, -0.15) is 0 Å². The normalized spacial score (nSPS) is 18.5. The van der Waals surface area contributed by atoms with Gasteiger partial charge in [-0.3, -0.25) is 4.90 Å². The van der Waals surface area contributed by atoms with E-state index in [0.29, 0.717) is 0 Å². The van der Waals surface area contributed by atoms with Crippen molar-refractivity contribution in [3.8, 4) is 22.5 Å². The molecule has 44 heavy (non-hydrogen) atoms. The zero-order valence-corrected chi connectivity index (χ0v) is 25.8. The van der Waals surface area contributed by atoms with E-state index in [9.17, 15) is 5.11 Å². The molecule has 1 aliphatic carbocycles. The van der Waals surface area contributed by atoms with Crippen LogP contribution in [-0.4, -0.2) is 50.2 Å². The van der Waals surface area contributed by atoms with Crippen LogP contribution in [0.4, 0.5) is 5.69 Å². The summed E-state index contributed by atoms with van der Waals surface area (Å²) in [4.78, 5) is 17.9. The quantitative estimate of drug-likeness (QED) is 0.218. The van der Waals surface area contributed by atoms with Crippen molar-refractivity contribution in [2.24, 2.45) is 0 Å². The average Bonchev–Trinajstić information content (AvgIpc) is 3.80. The molecule has 0 radical (unpaired) electrons. The van der Waals surface area contributed by atoms with Crippen molar-refractivity contribution in [3.05, 3.63) is 101 Å². The highest BCUT2D eigenvalue weighted by atomic mass is 16.3. The van der Waals surface area contributed by atoms with Gasteiger partial charge < -0.3 is 15.0 Å². The predicted octanol–water partition coefficient (Wildman–Crippen LogP) is 7.39. The number of aromatic amines is 1. The van der Waals surface area contributed by atoms with E-state index < -0.39 is 5.60 Å². The van der Waals surface area contributed by atoms with E-state index in [4.69, 9.17) is 4.98 Å². The fourth-order valence-corrected chi connectivity index (χ4v) is 7.22. The molecule has 8 rings (SSSR count). The molecule has 6 heteroatoms. The molecule has 1 saturated carbocycles. The van der Waals surface area contributed by atoms with Gasteiger partial charge in [0, 0.05) is 55.1 Å². The van der Waals surface area contributed by atoms with Gasteiger partial charge in [0.15, 0.2) is 0 Å². The first-order valence-corrected chi connectivity index (χ1v) is 16.2. The highest BCUT2D eigenvalue weighted by Crippen LogP contribution is 2.42. The van der Waals surface area contributed by atoms with Crippen molar-refractivity contribution in [2.75, 3.05) is 24.5 Å². The van der Waals surface area contributed by atoms with Gasteiger partial charge in [-0.25, -0.2) is 9.97 Å². The van der Waals surface area contributed by atoms with E-state index >= 15 is 0 Å². The SMILES string of the molecule is Cc1c(-c2ncnc3[nH]c(-c4ccc(CN5CCC(C)(O)CC5)cc4)cc23)cccc1N1CCc2cc(C3CC3)ccc2C1. The second kappa shape index (κ2) is 10.9. The highest BCUT2D eigenvalue weighted by molar-refractivity contribution is 5.95. The smallest absolute Gasteiger partial charge is 0.141 e. The van der Waals surface area contributed by atoms with E-state index in [1.54, 1.807) is 11.9 Å². The highest BCUT2D eigenvalue weighted by Gasteiger charge is 2.28. The largest absolute Gasteiger partial charge is 0.390 e. The molecule has 6 nitrogen and oxygen atoms in total. The van der Waals surface area contributed by atoms with Gasteiger partial charge in [-0.1, -0.05) is 54.6 Å². The maximum Gasteiger partial charge on any atom is 0.141 e. The summed E-state index contributed by atoms with van der Waals surface area (Å²) in [5, 5.41) is 11.3. The van der Waals surface area contributed by atoms with E-state index in [1.165, 1.54) is 40.8 Å². The number of hydrogen-bond acceptors (Lipinski definition) is 5. The number of anilines is 1. The molecule has 0 amide bonds. The summed E-state index contributed by atoms with van der Waals surface area (Å²) >= 11 is 0. The van der Waals surface area contributed by atoms with Crippen molar-refractivity contribution in [1.82, 2.24) is 19.9 Å². The number of rotatable bonds is 6. The van der Waals surface area contributed by atoms with Gasteiger partial charge in [0.2, 0.25) is 0 Å². The molecule has 224 valence electrons. The van der Waals surface area contributed by atoms with Gasteiger partial charge in [-0.05, 0) is 97.4 Å². The lowest BCUT2D eigenvalue weighted by Gasteiger charge is -2.35. The number of benzene rings is 3. The standard InChI is InChI=1S/C38H41N5O/c1-25-32(4-3-5-35(25)43-17-14-30-20-29(27-10-11-27)12-13-31(30)23-43)36-33-21-34(41-37(33)40-24-39-36)28-8-6-26(7-9-28)22-42-18-15-38(2,44)16-19-42/h3-9,12-13,20-21,24,27,44H,10-11,14-19,22-23H2,1-2H3,(H,39,40,41). The predicted molar refractivity (Wildman–Crippen MR) is 178 cm³/mol. The third-order valence-electron chi connectivity index (χ3n) is 10.2. The van der Waals surface area contributed by atoms with Crippen LogP contribution in [0.1, 0.15) is 66.3 Å². The molecule has 2 fully saturated rings. The van der Waals surface area contributed by atoms with E-state index in [2.05, 4.69) is 93.4 Å². The van der Waals surface area contributed by atoms with Gasteiger partial charge in [0.05, 0.1) is 11.3 Å². The second-order valence-electron chi connectivity index (χ2n) is 13.6. The van der Waals surface area contributed by atoms with Crippen LogP contribution >= 0.6 is 0 Å². The van der Waals surface area contributed by atoms with Crippen molar-refractivity contribution in [3.63, 3.8) is 0 Å². The lowest BCUT2D eigenvalue weighted by molar-refractivity contribution is -0.00730. The Labute approximate surface area is 259 Å². The number of aromatic nitrogens is 3. The molecule has 0 bridgehead atoms. The van der Waals surface area contributed by atoms with Crippen LogP contribution < -0.4 is 4.90 Å². The first kappa shape index (κ1) is 27.5. The number of piperidine rings is 1. The van der Waals surface area contributed by atoms with Crippen molar-refractivity contribution < 1.29 is 5.11 Å². The molecule has 3 aliphatic rings. The molecule has 2 N–H and O–H groups in total. The van der Waals surface area contributed by atoms with Crippen LogP contribution in [0.25, 0.3) is 33.5 Å². The monoisotopic (exact) mass is 583 g/mol. The fourth-order valence-electron chi connectivity index (χ4n) is 7.22. The van der Waals surface area contributed by atoms with E-state index in [-0.39, 0.29) is 0 Å². The lowest BCUT2D eigenvalue weighted by Crippen LogP contribution is -2.41. The number of aliphatic hydroxyl groups is 1. The molecule has 4 heterocycles. The van der Waals surface area contributed by atoms with Crippen LogP contribution in [0.5, 0.6) is 0 Å². The van der Waals surface area contributed by atoms with Gasteiger partial charge in [-0.15, -0.1) is 0 Å². The molecule has 1 saturated heterocycles. The first-order chi connectivity index (χ1) is 21.4. The number of fused-ring (bicyclic) bond motifs is 2. The summed E-state index contributed by atoms with van der Waals surface area (Å²) in [5.41, 5.74) is 13.0. The van der Waals surface area contributed by atoms with E-state index in [0.717, 1.165) is 91.5 Å². The summed E-state index contributed by atoms with van der Waals surface area (Å²) in [6.45, 7) is 8.96. The van der Waals surface area contributed by atoms with Crippen LogP contribution in [0.3, 0.4) is 0 Å².